The molecule has 12 heteroatoms. The number of likely N-dealkylation sites (tertiary alicyclic amines) is 2. The fourth-order valence-corrected chi connectivity index (χ4v) is 7.75. The van der Waals surface area contributed by atoms with Crippen molar-refractivity contribution in [1.82, 2.24) is 19.6 Å². The van der Waals surface area contributed by atoms with Gasteiger partial charge in [-0.05, 0) is 74.3 Å². The summed E-state index contributed by atoms with van der Waals surface area (Å²) in [4.78, 5) is 60.4. The summed E-state index contributed by atoms with van der Waals surface area (Å²) in [6, 6.07) is 12.0. The molecule has 0 bridgehead atoms. The number of para-hydroxylation sites is 1. The van der Waals surface area contributed by atoms with E-state index in [1.807, 2.05) is 60.0 Å². The number of piperidine rings is 2. The molecule has 2 aromatic carbocycles. The van der Waals surface area contributed by atoms with Crippen molar-refractivity contribution in [1.29, 1.82) is 0 Å². The van der Waals surface area contributed by atoms with E-state index in [1.165, 1.54) is 6.92 Å². The Labute approximate surface area is 288 Å². The van der Waals surface area contributed by atoms with Gasteiger partial charge in [-0.25, -0.2) is 9.59 Å². The number of aryl methyl sites for hydroxylation is 2. The first-order chi connectivity index (χ1) is 23.7. The van der Waals surface area contributed by atoms with Gasteiger partial charge in [0.05, 0.1) is 13.2 Å². The normalized spacial score (nSPS) is 20.2. The zero-order chi connectivity index (χ0) is 34.5. The summed E-state index contributed by atoms with van der Waals surface area (Å²) in [5.41, 5.74) is 4.34. The number of nitrogens with zero attached hydrogens (tertiary/aromatic N) is 4. The molecular weight excluding hydrogens is 626 g/mol. The first-order valence-electron chi connectivity index (χ1n) is 17.7. The second kappa shape index (κ2) is 15.6. The molecule has 4 aliphatic heterocycles. The first kappa shape index (κ1) is 34.7. The molecule has 0 unspecified atom stereocenters. The molecular formula is C37H49N5O7. The van der Waals surface area contributed by atoms with Gasteiger partial charge in [0.25, 0.3) is 5.91 Å². The van der Waals surface area contributed by atoms with Crippen molar-refractivity contribution in [3.05, 3.63) is 58.7 Å². The van der Waals surface area contributed by atoms with Crippen LogP contribution in [0.1, 0.15) is 54.9 Å². The maximum absolute atomic E-state index is 14.1. The van der Waals surface area contributed by atoms with Crippen molar-refractivity contribution in [3.8, 4) is 5.75 Å². The number of anilines is 1. The highest BCUT2D eigenvalue weighted by atomic mass is 16.6. The van der Waals surface area contributed by atoms with E-state index in [-0.39, 0.29) is 24.4 Å². The summed E-state index contributed by atoms with van der Waals surface area (Å²) < 4.78 is 17.0. The summed E-state index contributed by atoms with van der Waals surface area (Å²) in [5.74, 6) is -0.0817. The van der Waals surface area contributed by atoms with Crippen LogP contribution in [0, 0.1) is 13.8 Å². The van der Waals surface area contributed by atoms with Crippen molar-refractivity contribution in [3.63, 3.8) is 0 Å². The molecule has 49 heavy (non-hydrogen) atoms. The van der Waals surface area contributed by atoms with Crippen LogP contribution >= 0.6 is 0 Å². The van der Waals surface area contributed by atoms with Crippen LogP contribution in [-0.2, 0) is 31.9 Å². The molecule has 12 nitrogen and oxygen atoms in total. The summed E-state index contributed by atoms with van der Waals surface area (Å²) in [6.45, 7) is 11.1. The van der Waals surface area contributed by atoms with E-state index in [4.69, 9.17) is 14.2 Å². The number of nitrogens with one attached hydrogen (secondary N) is 1. The van der Waals surface area contributed by atoms with Crippen LogP contribution in [0.15, 0.2) is 36.4 Å². The monoisotopic (exact) mass is 675 g/mol. The molecule has 4 amide bonds. The van der Waals surface area contributed by atoms with E-state index >= 15 is 0 Å². The summed E-state index contributed by atoms with van der Waals surface area (Å²) >= 11 is 0. The molecule has 0 spiro atoms. The number of esters is 1. The molecule has 4 heterocycles. The van der Waals surface area contributed by atoms with E-state index in [0.717, 1.165) is 73.5 Å². The Bertz CT molecular complexity index is 1500. The van der Waals surface area contributed by atoms with Crippen LogP contribution in [0.25, 0.3) is 0 Å². The number of hydrogen-bond acceptors (Lipinski definition) is 8. The minimum absolute atomic E-state index is 0.00485. The molecule has 3 saturated heterocycles. The van der Waals surface area contributed by atoms with Crippen LogP contribution < -0.4 is 10.1 Å². The summed E-state index contributed by atoms with van der Waals surface area (Å²) in [5, 5.41) is 3.05. The minimum Gasteiger partial charge on any atom is -0.436 e. The zero-order valence-corrected chi connectivity index (χ0v) is 28.9. The Morgan fingerprint density at radius 1 is 0.878 bits per heavy atom. The van der Waals surface area contributed by atoms with Gasteiger partial charge >= 0.3 is 18.1 Å². The van der Waals surface area contributed by atoms with Crippen LogP contribution in [0.5, 0.6) is 5.75 Å². The molecule has 6 rings (SSSR count). The highest BCUT2D eigenvalue weighted by Gasteiger charge is 2.36. The Hall–Kier alpha value is -4.16. The molecule has 4 aliphatic rings. The zero-order valence-electron chi connectivity index (χ0n) is 28.9. The van der Waals surface area contributed by atoms with Gasteiger partial charge in [-0.15, -0.1) is 0 Å². The van der Waals surface area contributed by atoms with Crippen LogP contribution in [0.4, 0.5) is 15.3 Å². The maximum atomic E-state index is 14.1. The molecule has 3 fully saturated rings. The van der Waals surface area contributed by atoms with E-state index in [2.05, 4.69) is 10.2 Å². The summed E-state index contributed by atoms with van der Waals surface area (Å²) in [6.07, 6.45) is 2.45. The number of ether oxygens (including phenoxy) is 3. The Balaban J connectivity index is 1.11. The fourth-order valence-electron chi connectivity index (χ4n) is 7.75. The maximum Gasteiger partial charge on any atom is 0.410 e. The third kappa shape index (κ3) is 8.36. The summed E-state index contributed by atoms with van der Waals surface area (Å²) in [7, 11) is 0. The molecule has 264 valence electrons. The Morgan fingerprint density at radius 3 is 2.18 bits per heavy atom. The smallest absolute Gasteiger partial charge is 0.410 e. The van der Waals surface area contributed by atoms with Gasteiger partial charge in [-0.1, -0.05) is 30.3 Å². The lowest BCUT2D eigenvalue weighted by Crippen LogP contribution is -2.53. The van der Waals surface area contributed by atoms with Gasteiger partial charge in [0, 0.05) is 76.9 Å². The number of amides is 4. The number of urea groups is 1. The van der Waals surface area contributed by atoms with Gasteiger partial charge in [0.15, 0.2) is 6.10 Å². The standard InChI is InChI=1S/C37H49N5O7/c1-25-22-28(23-26(2)34(25)48-27(3)43)24-33(35(44)40-13-9-30(10-14-40)39-18-20-47-21-19-39)49-37(46)41-15-11-31(12-16-41)42-17-8-29-6-4-5-7-32(29)38-36(42)45/h4-7,22-23,30-31,33H,8-21,24H2,1-3H3,(H,38,45)/t33-/m1/s1. The predicted octanol–water partition coefficient (Wildman–Crippen LogP) is 4.15. The average Bonchev–Trinajstić information content (AvgIpc) is 3.27. The van der Waals surface area contributed by atoms with Crippen LogP contribution in [0.2, 0.25) is 0 Å². The highest BCUT2D eigenvalue weighted by molar-refractivity contribution is 5.91. The molecule has 0 radical (unpaired) electrons. The van der Waals surface area contributed by atoms with Crippen molar-refractivity contribution in [2.45, 2.75) is 77.5 Å². The van der Waals surface area contributed by atoms with Gasteiger partial charge < -0.3 is 34.2 Å². The lowest BCUT2D eigenvalue weighted by Gasteiger charge is -2.41. The fraction of sp³-hybridized carbons (Fsp3) is 0.568. The topological polar surface area (TPSA) is 121 Å². The van der Waals surface area contributed by atoms with Crippen LogP contribution in [0.3, 0.4) is 0 Å². The number of morpholine rings is 1. The van der Waals surface area contributed by atoms with E-state index in [1.54, 1.807) is 4.90 Å². The second-order valence-corrected chi connectivity index (χ2v) is 13.7. The van der Waals surface area contributed by atoms with E-state index < -0.39 is 18.2 Å². The third-order valence-corrected chi connectivity index (χ3v) is 10.3. The molecule has 1 atom stereocenters. The third-order valence-electron chi connectivity index (χ3n) is 10.3. The van der Waals surface area contributed by atoms with E-state index in [9.17, 15) is 19.2 Å². The number of carbonyl (C=O) groups excluding carboxylic acids is 4. The largest absolute Gasteiger partial charge is 0.436 e. The minimum atomic E-state index is -1.00. The quantitative estimate of drug-likeness (QED) is 0.344. The Morgan fingerprint density at radius 2 is 1.51 bits per heavy atom. The van der Waals surface area contributed by atoms with Crippen molar-refractivity contribution >= 4 is 29.7 Å². The molecule has 1 N–H and O–H groups in total. The number of hydrogen-bond donors (Lipinski definition) is 1. The van der Waals surface area contributed by atoms with Crippen molar-refractivity contribution in [2.75, 3.05) is 64.3 Å². The molecule has 0 aliphatic carbocycles. The number of fused-ring (bicyclic) bond motifs is 1. The number of carbonyl (C=O) groups is 4. The molecule has 0 aromatic heterocycles. The first-order valence-corrected chi connectivity index (χ1v) is 17.7. The SMILES string of the molecule is CC(=O)Oc1c(C)cc(C[C@@H](OC(=O)N2CCC(N3CCc4ccccc4NC3=O)CC2)C(=O)N2CCC(N3CCOCC3)CC2)cc1C. The van der Waals surface area contributed by atoms with Gasteiger partial charge in [-0.3, -0.25) is 14.5 Å². The predicted molar refractivity (Wildman–Crippen MR) is 184 cm³/mol. The van der Waals surface area contributed by atoms with Crippen molar-refractivity contribution in [2.24, 2.45) is 0 Å². The van der Waals surface area contributed by atoms with Gasteiger partial charge in [0.2, 0.25) is 0 Å². The molecule has 0 saturated carbocycles. The van der Waals surface area contributed by atoms with E-state index in [0.29, 0.717) is 57.4 Å². The van der Waals surface area contributed by atoms with Crippen molar-refractivity contribution < 1.29 is 33.4 Å². The number of rotatable bonds is 7. The highest BCUT2D eigenvalue weighted by Crippen LogP contribution is 2.28. The van der Waals surface area contributed by atoms with Crippen LogP contribution in [-0.4, -0.2) is 121 Å². The average molecular weight is 676 g/mol. The van der Waals surface area contributed by atoms with Gasteiger partial charge in [-0.2, -0.15) is 0 Å². The van der Waals surface area contributed by atoms with Gasteiger partial charge in [0.1, 0.15) is 5.75 Å². The number of benzene rings is 2. The molecule has 2 aromatic rings. The second-order valence-electron chi connectivity index (χ2n) is 13.7. The lowest BCUT2D eigenvalue weighted by molar-refractivity contribution is -0.142. The lowest BCUT2D eigenvalue weighted by atomic mass is 9.98. The Kier molecular flexibility index (Phi) is 11.0.